The number of sulfonamides is 1. The van der Waals surface area contributed by atoms with Gasteiger partial charge in [0.05, 0.1) is 10.5 Å². The molecule has 0 aromatic heterocycles. The number of carbonyl (C=O) groups excluding carboxylic acids is 1. The van der Waals surface area contributed by atoms with E-state index in [0.717, 1.165) is 42.8 Å². The molecule has 0 aliphatic carbocycles. The molecule has 0 spiro atoms. The highest BCUT2D eigenvalue weighted by atomic mass is 32.2. The van der Waals surface area contributed by atoms with Crippen molar-refractivity contribution in [3.63, 3.8) is 0 Å². The van der Waals surface area contributed by atoms with Crippen LogP contribution in [0.25, 0.3) is 0 Å². The van der Waals surface area contributed by atoms with E-state index in [-0.39, 0.29) is 22.4 Å². The number of nitrogens with one attached hydrogen (secondary N) is 1. The fourth-order valence-corrected chi connectivity index (χ4v) is 5.27. The number of carbonyl (C=O) groups is 1. The minimum absolute atomic E-state index is 0.0831. The Bertz CT molecular complexity index is 1030. The molecule has 1 fully saturated rings. The fourth-order valence-electron chi connectivity index (χ4n) is 3.56. The number of hydrogen-bond acceptors (Lipinski definition) is 3. The first-order valence-corrected chi connectivity index (χ1v) is 10.6. The Kier molecular flexibility index (Phi) is 6.00. The first-order chi connectivity index (χ1) is 13.6. The normalized spacial score (nSPS) is 20.4. The molecule has 1 heterocycles. The molecule has 0 radical (unpaired) electrons. The molecule has 1 aliphatic rings. The van der Waals surface area contributed by atoms with Crippen molar-refractivity contribution in [1.29, 1.82) is 0 Å². The largest absolute Gasteiger partial charge is 0.322 e. The van der Waals surface area contributed by atoms with E-state index in [4.69, 9.17) is 0 Å². The van der Waals surface area contributed by atoms with Crippen molar-refractivity contribution in [2.24, 2.45) is 11.8 Å². The summed E-state index contributed by atoms with van der Waals surface area (Å²) >= 11 is 0. The van der Waals surface area contributed by atoms with Crippen molar-refractivity contribution in [2.75, 3.05) is 18.4 Å². The minimum atomic E-state index is -3.91. The second-order valence-corrected chi connectivity index (χ2v) is 9.43. The van der Waals surface area contributed by atoms with Gasteiger partial charge in [0.2, 0.25) is 10.0 Å². The van der Waals surface area contributed by atoms with Gasteiger partial charge in [-0.05, 0) is 48.6 Å². The quantitative estimate of drug-likeness (QED) is 0.803. The van der Waals surface area contributed by atoms with Crippen LogP contribution in [0, 0.1) is 29.3 Å². The van der Waals surface area contributed by atoms with Gasteiger partial charge in [0.25, 0.3) is 5.91 Å². The smallest absolute Gasteiger partial charge is 0.258 e. The van der Waals surface area contributed by atoms with E-state index in [1.165, 1.54) is 4.31 Å². The van der Waals surface area contributed by atoms with Crippen molar-refractivity contribution in [3.05, 3.63) is 59.4 Å². The third-order valence-electron chi connectivity index (χ3n) is 4.83. The number of piperidine rings is 1. The first kappa shape index (κ1) is 21.3. The lowest BCUT2D eigenvalue weighted by atomic mass is 9.94. The highest BCUT2D eigenvalue weighted by molar-refractivity contribution is 7.89. The molecule has 156 valence electrons. The van der Waals surface area contributed by atoms with Crippen molar-refractivity contribution in [2.45, 2.75) is 25.2 Å². The van der Waals surface area contributed by atoms with Crippen molar-refractivity contribution in [3.8, 4) is 0 Å². The third-order valence-corrected chi connectivity index (χ3v) is 6.66. The molecule has 0 saturated carbocycles. The average Bonchev–Trinajstić information content (AvgIpc) is 2.64. The molecule has 9 heteroatoms. The maximum absolute atomic E-state index is 14.2. The van der Waals surface area contributed by atoms with Gasteiger partial charge in [-0.25, -0.2) is 21.6 Å². The number of benzene rings is 2. The number of nitrogens with zero attached hydrogens (tertiary/aromatic N) is 1. The number of amides is 1. The molecule has 1 N–H and O–H groups in total. The van der Waals surface area contributed by atoms with Crippen LogP contribution in [0.1, 0.15) is 30.6 Å². The standard InChI is InChI=1S/C20H21F3N2O3S/c1-12-7-13(2)11-25(10-12)29(27,28)15-4-6-17(21)16(9-15)20(26)24-14-3-5-18(22)19(23)8-14/h3-6,8-9,12-13H,7,10-11H2,1-2H3,(H,24,26)/t12-,13-/m0/s1. The van der Waals surface area contributed by atoms with E-state index in [1.807, 2.05) is 13.8 Å². The van der Waals surface area contributed by atoms with Crippen molar-refractivity contribution in [1.82, 2.24) is 4.31 Å². The average molecular weight is 426 g/mol. The zero-order valence-corrected chi connectivity index (χ0v) is 16.8. The molecular formula is C20H21F3N2O3S. The molecule has 0 unspecified atom stereocenters. The molecular weight excluding hydrogens is 405 g/mol. The molecule has 29 heavy (non-hydrogen) atoms. The SMILES string of the molecule is C[C@H]1C[C@H](C)CN(S(=O)(=O)c2ccc(F)c(C(=O)Nc3ccc(F)c(F)c3)c2)C1. The molecule has 2 aromatic carbocycles. The summed E-state index contributed by atoms with van der Waals surface area (Å²) in [5.74, 6) is -3.79. The van der Waals surface area contributed by atoms with Crippen LogP contribution in [0.4, 0.5) is 18.9 Å². The van der Waals surface area contributed by atoms with E-state index in [9.17, 15) is 26.4 Å². The lowest BCUT2D eigenvalue weighted by Gasteiger charge is -2.34. The van der Waals surface area contributed by atoms with E-state index in [0.29, 0.717) is 13.1 Å². The van der Waals surface area contributed by atoms with Crippen LogP contribution < -0.4 is 5.32 Å². The maximum Gasteiger partial charge on any atom is 0.258 e. The van der Waals surface area contributed by atoms with Gasteiger partial charge < -0.3 is 5.32 Å². The highest BCUT2D eigenvalue weighted by Gasteiger charge is 2.32. The Morgan fingerprint density at radius 2 is 1.59 bits per heavy atom. The monoisotopic (exact) mass is 426 g/mol. The van der Waals surface area contributed by atoms with E-state index in [2.05, 4.69) is 5.32 Å². The van der Waals surface area contributed by atoms with Gasteiger partial charge >= 0.3 is 0 Å². The number of anilines is 1. The zero-order chi connectivity index (χ0) is 21.3. The molecule has 2 aromatic rings. The van der Waals surface area contributed by atoms with Gasteiger partial charge in [0.1, 0.15) is 5.82 Å². The maximum atomic E-state index is 14.2. The van der Waals surface area contributed by atoms with Crippen LogP contribution in [0.2, 0.25) is 0 Å². The number of hydrogen-bond donors (Lipinski definition) is 1. The summed E-state index contributed by atoms with van der Waals surface area (Å²) < 4.78 is 67.9. The van der Waals surface area contributed by atoms with E-state index < -0.39 is 38.9 Å². The summed E-state index contributed by atoms with van der Waals surface area (Å²) in [5, 5.41) is 2.25. The molecule has 1 aliphatic heterocycles. The van der Waals surface area contributed by atoms with Gasteiger partial charge in [0.15, 0.2) is 11.6 Å². The molecule has 5 nitrogen and oxygen atoms in total. The van der Waals surface area contributed by atoms with Crippen molar-refractivity contribution >= 4 is 21.6 Å². The van der Waals surface area contributed by atoms with E-state index in [1.54, 1.807) is 0 Å². The van der Waals surface area contributed by atoms with Crippen LogP contribution in [-0.2, 0) is 10.0 Å². The van der Waals surface area contributed by atoms with Crippen LogP contribution in [-0.4, -0.2) is 31.7 Å². The number of rotatable bonds is 4. The van der Waals surface area contributed by atoms with Gasteiger partial charge in [-0.2, -0.15) is 4.31 Å². The summed E-state index contributed by atoms with van der Waals surface area (Å²) in [5.41, 5.74) is -0.589. The van der Waals surface area contributed by atoms with Gasteiger partial charge in [-0.3, -0.25) is 4.79 Å². The molecule has 2 atom stereocenters. The summed E-state index contributed by atoms with van der Waals surface area (Å²) in [6.45, 7) is 4.62. The summed E-state index contributed by atoms with van der Waals surface area (Å²) in [7, 11) is -3.91. The lowest BCUT2D eigenvalue weighted by molar-refractivity contribution is 0.102. The Balaban J connectivity index is 1.89. The van der Waals surface area contributed by atoms with Crippen LogP contribution in [0.3, 0.4) is 0 Å². The summed E-state index contributed by atoms with van der Waals surface area (Å²) in [4.78, 5) is 12.2. The topological polar surface area (TPSA) is 66.5 Å². The van der Waals surface area contributed by atoms with Crippen molar-refractivity contribution < 1.29 is 26.4 Å². The van der Waals surface area contributed by atoms with Gasteiger partial charge in [-0.1, -0.05) is 13.8 Å². The molecule has 3 rings (SSSR count). The summed E-state index contributed by atoms with van der Waals surface area (Å²) in [6, 6.07) is 5.67. The lowest BCUT2D eigenvalue weighted by Crippen LogP contribution is -2.42. The third kappa shape index (κ3) is 4.62. The molecule has 1 amide bonds. The predicted octanol–water partition coefficient (Wildman–Crippen LogP) is 4.02. The molecule has 0 bridgehead atoms. The number of halogens is 3. The van der Waals surface area contributed by atoms with E-state index >= 15 is 0 Å². The van der Waals surface area contributed by atoms with Crippen LogP contribution >= 0.6 is 0 Å². The fraction of sp³-hybridized carbons (Fsp3) is 0.350. The minimum Gasteiger partial charge on any atom is -0.322 e. The Morgan fingerprint density at radius 3 is 2.21 bits per heavy atom. The summed E-state index contributed by atoms with van der Waals surface area (Å²) in [6.07, 6.45) is 0.914. The highest BCUT2D eigenvalue weighted by Crippen LogP contribution is 2.27. The molecule has 1 saturated heterocycles. The van der Waals surface area contributed by atoms with Gasteiger partial charge in [-0.15, -0.1) is 0 Å². The van der Waals surface area contributed by atoms with Gasteiger partial charge in [0, 0.05) is 24.8 Å². The van der Waals surface area contributed by atoms with Crippen LogP contribution in [0.5, 0.6) is 0 Å². The van der Waals surface area contributed by atoms with Crippen LogP contribution in [0.15, 0.2) is 41.3 Å². The first-order valence-electron chi connectivity index (χ1n) is 9.14. The second kappa shape index (κ2) is 8.16. The Labute approximate surface area is 167 Å². The predicted molar refractivity (Wildman–Crippen MR) is 102 cm³/mol. The second-order valence-electron chi connectivity index (χ2n) is 7.49. The Morgan fingerprint density at radius 1 is 0.966 bits per heavy atom. The zero-order valence-electron chi connectivity index (χ0n) is 16.0. The Hall–Kier alpha value is -2.39.